The summed E-state index contributed by atoms with van der Waals surface area (Å²) in [5.41, 5.74) is -0.337. The molecule has 2 amide bonds. The standard InChI is InChI=1S/C20H26F2N2O2/c1-2-3-11-23-13-20(10-8-17(23)25)9-5-12-24(14-20)19(26)15-6-4-7-16(21)18(15)22/h4,6-7H,2-3,5,8-14H2,1H3/t20-/m0/s1. The summed E-state index contributed by atoms with van der Waals surface area (Å²) >= 11 is 0. The van der Waals surface area contributed by atoms with E-state index < -0.39 is 17.5 Å². The maximum absolute atomic E-state index is 14.0. The van der Waals surface area contributed by atoms with Crippen molar-refractivity contribution in [3.63, 3.8) is 0 Å². The second-order valence-corrected chi connectivity index (χ2v) is 7.60. The molecule has 3 rings (SSSR count). The number of carbonyl (C=O) groups is 2. The molecular weight excluding hydrogens is 338 g/mol. The Labute approximate surface area is 153 Å². The van der Waals surface area contributed by atoms with Crippen molar-refractivity contribution >= 4 is 11.8 Å². The van der Waals surface area contributed by atoms with Gasteiger partial charge in [0.25, 0.3) is 5.91 Å². The SMILES string of the molecule is CCCCN1C[C@]2(CCCN(C(=O)c3cccc(F)c3F)C2)CCC1=O. The van der Waals surface area contributed by atoms with E-state index in [1.54, 1.807) is 4.90 Å². The van der Waals surface area contributed by atoms with E-state index in [0.717, 1.165) is 44.7 Å². The third-order valence-corrected chi connectivity index (χ3v) is 5.66. The summed E-state index contributed by atoms with van der Waals surface area (Å²) in [7, 11) is 0. The lowest BCUT2D eigenvalue weighted by Gasteiger charge is -2.48. The van der Waals surface area contributed by atoms with Crippen molar-refractivity contribution in [3.8, 4) is 0 Å². The molecule has 0 bridgehead atoms. The van der Waals surface area contributed by atoms with Gasteiger partial charge in [0.2, 0.25) is 5.91 Å². The molecule has 0 saturated carbocycles. The molecule has 1 atom stereocenters. The molecule has 0 aliphatic carbocycles. The van der Waals surface area contributed by atoms with E-state index >= 15 is 0 Å². The summed E-state index contributed by atoms with van der Waals surface area (Å²) in [6, 6.07) is 3.71. The van der Waals surface area contributed by atoms with Gasteiger partial charge in [0.15, 0.2) is 11.6 Å². The molecule has 1 spiro atoms. The van der Waals surface area contributed by atoms with Gasteiger partial charge in [0.1, 0.15) is 0 Å². The Morgan fingerprint density at radius 3 is 2.81 bits per heavy atom. The van der Waals surface area contributed by atoms with E-state index in [2.05, 4.69) is 6.92 Å². The molecule has 142 valence electrons. The Balaban J connectivity index is 1.75. The van der Waals surface area contributed by atoms with Crippen molar-refractivity contribution in [3.05, 3.63) is 35.4 Å². The van der Waals surface area contributed by atoms with E-state index in [1.807, 2.05) is 4.90 Å². The fourth-order valence-electron chi connectivity index (χ4n) is 4.21. The fourth-order valence-corrected chi connectivity index (χ4v) is 4.21. The van der Waals surface area contributed by atoms with Gasteiger partial charge in [-0.1, -0.05) is 19.4 Å². The van der Waals surface area contributed by atoms with Crippen LogP contribution in [-0.2, 0) is 4.79 Å². The van der Waals surface area contributed by atoms with Crippen molar-refractivity contribution in [1.29, 1.82) is 0 Å². The zero-order valence-electron chi connectivity index (χ0n) is 15.3. The Morgan fingerprint density at radius 1 is 1.23 bits per heavy atom. The van der Waals surface area contributed by atoms with Crippen LogP contribution in [0.5, 0.6) is 0 Å². The summed E-state index contributed by atoms with van der Waals surface area (Å²) in [5, 5.41) is 0. The molecule has 0 N–H and O–H groups in total. The van der Waals surface area contributed by atoms with Gasteiger partial charge in [0.05, 0.1) is 5.56 Å². The molecule has 2 saturated heterocycles. The molecule has 0 unspecified atom stereocenters. The molecule has 2 aliphatic rings. The largest absolute Gasteiger partial charge is 0.342 e. The lowest BCUT2D eigenvalue weighted by atomic mass is 9.73. The maximum atomic E-state index is 14.0. The lowest BCUT2D eigenvalue weighted by molar-refractivity contribution is -0.139. The number of hydrogen-bond donors (Lipinski definition) is 0. The number of likely N-dealkylation sites (tertiary alicyclic amines) is 2. The maximum Gasteiger partial charge on any atom is 0.256 e. The Hall–Kier alpha value is -1.98. The summed E-state index contributed by atoms with van der Waals surface area (Å²) in [5.74, 6) is -2.36. The van der Waals surface area contributed by atoms with Gasteiger partial charge in [-0.3, -0.25) is 9.59 Å². The van der Waals surface area contributed by atoms with E-state index in [4.69, 9.17) is 0 Å². The van der Waals surface area contributed by atoms with Crippen LogP contribution in [0.2, 0.25) is 0 Å². The average Bonchev–Trinajstić information content (AvgIpc) is 2.64. The molecule has 26 heavy (non-hydrogen) atoms. The Morgan fingerprint density at radius 2 is 2.04 bits per heavy atom. The molecule has 2 fully saturated rings. The molecule has 2 aliphatic heterocycles. The number of carbonyl (C=O) groups excluding carboxylic acids is 2. The highest BCUT2D eigenvalue weighted by Crippen LogP contribution is 2.39. The number of hydrogen-bond acceptors (Lipinski definition) is 2. The first-order valence-electron chi connectivity index (χ1n) is 9.47. The number of halogens is 2. The molecular formula is C20H26F2N2O2. The highest BCUT2D eigenvalue weighted by Gasteiger charge is 2.42. The third-order valence-electron chi connectivity index (χ3n) is 5.66. The van der Waals surface area contributed by atoms with Gasteiger partial charge >= 0.3 is 0 Å². The third kappa shape index (κ3) is 3.74. The molecule has 4 nitrogen and oxygen atoms in total. The molecule has 1 aromatic carbocycles. The second-order valence-electron chi connectivity index (χ2n) is 7.60. The fraction of sp³-hybridized carbons (Fsp3) is 0.600. The molecule has 6 heteroatoms. The van der Waals surface area contributed by atoms with Crippen molar-refractivity contribution in [2.24, 2.45) is 5.41 Å². The van der Waals surface area contributed by atoms with Gasteiger partial charge in [-0.05, 0) is 37.8 Å². The minimum atomic E-state index is -1.08. The van der Waals surface area contributed by atoms with Gasteiger partial charge in [-0.25, -0.2) is 8.78 Å². The Kier molecular flexibility index (Phi) is 5.58. The highest BCUT2D eigenvalue weighted by atomic mass is 19.2. The first kappa shape index (κ1) is 18.8. The monoisotopic (exact) mass is 364 g/mol. The minimum absolute atomic E-state index is 0.126. The number of piperidine rings is 2. The smallest absolute Gasteiger partial charge is 0.256 e. The van der Waals surface area contributed by atoms with E-state index in [0.29, 0.717) is 26.1 Å². The zero-order valence-corrected chi connectivity index (χ0v) is 15.3. The molecule has 1 aromatic rings. The minimum Gasteiger partial charge on any atom is -0.342 e. The van der Waals surface area contributed by atoms with Crippen molar-refractivity contribution < 1.29 is 18.4 Å². The first-order valence-corrected chi connectivity index (χ1v) is 9.47. The van der Waals surface area contributed by atoms with Crippen LogP contribution in [0.25, 0.3) is 0 Å². The van der Waals surface area contributed by atoms with Gasteiger partial charge < -0.3 is 9.80 Å². The highest BCUT2D eigenvalue weighted by molar-refractivity contribution is 5.94. The number of nitrogens with zero attached hydrogens (tertiary/aromatic N) is 2. The van der Waals surface area contributed by atoms with Crippen molar-refractivity contribution in [1.82, 2.24) is 9.80 Å². The zero-order chi connectivity index (χ0) is 18.7. The summed E-state index contributed by atoms with van der Waals surface area (Å²) in [4.78, 5) is 28.5. The molecule has 0 aromatic heterocycles. The van der Waals surface area contributed by atoms with Crippen LogP contribution >= 0.6 is 0 Å². The molecule has 0 radical (unpaired) electrons. The first-order chi connectivity index (χ1) is 12.5. The van der Waals surface area contributed by atoms with Gasteiger partial charge in [0, 0.05) is 38.0 Å². The van der Waals surface area contributed by atoms with Crippen LogP contribution in [0, 0.1) is 17.0 Å². The van der Waals surface area contributed by atoms with Crippen LogP contribution in [0.1, 0.15) is 55.8 Å². The van der Waals surface area contributed by atoms with Crippen molar-refractivity contribution in [2.45, 2.75) is 45.4 Å². The van der Waals surface area contributed by atoms with E-state index in [1.165, 1.54) is 12.1 Å². The Bertz CT molecular complexity index is 694. The van der Waals surface area contributed by atoms with Crippen LogP contribution in [0.3, 0.4) is 0 Å². The van der Waals surface area contributed by atoms with E-state index in [-0.39, 0.29) is 16.9 Å². The van der Waals surface area contributed by atoms with Crippen molar-refractivity contribution in [2.75, 3.05) is 26.2 Å². The van der Waals surface area contributed by atoms with Crippen LogP contribution in [-0.4, -0.2) is 47.8 Å². The lowest BCUT2D eigenvalue weighted by Crippen LogP contribution is -2.55. The van der Waals surface area contributed by atoms with Crippen LogP contribution in [0.15, 0.2) is 18.2 Å². The number of benzene rings is 1. The average molecular weight is 364 g/mol. The topological polar surface area (TPSA) is 40.6 Å². The predicted molar refractivity (Wildman–Crippen MR) is 94.7 cm³/mol. The number of rotatable bonds is 4. The summed E-state index contributed by atoms with van der Waals surface area (Å²) in [6.45, 7) is 4.54. The van der Waals surface area contributed by atoms with Crippen LogP contribution in [0.4, 0.5) is 8.78 Å². The number of amides is 2. The quantitative estimate of drug-likeness (QED) is 0.819. The normalized spacial score (nSPS) is 23.6. The molecule has 2 heterocycles. The van der Waals surface area contributed by atoms with E-state index in [9.17, 15) is 18.4 Å². The number of unbranched alkanes of at least 4 members (excludes halogenated alkanes) is 1. The van der Waals surface area contributed by atoms with Gasteiger partial charge in [-0.15, -0.1) is 0 Å². The van der Waals surface area contributed by atoms with Gasteiger partial charge in [-0.2, -0.15) is 0 Å². The predicted octanol–water partition coefficient (Wildman–Crippen LogP) is 3.61. The summed E-state index contributed by atoms with van der Waals surface area (Å²) < 4.78 is 27.5. The second kappa shape index (κ2) is 7.72. The summed E-state index contributed by atoms with van der Waals surface area (Å²) in [6.07, 6.45) is 5.03. The van der Waals surface area contributed by atoms with Crippen LogP contribution < -0.4 is 0 Å².